The molecule has 0 bridgehead atoms. The molecule has 2 heteroatoms. The zero-order valence-corrected chi connectivity index (χ0v) is 13.9. The number of nitrogens with two attached hydrogens (primary N) is 1. The molecule has 2 nitrogen and oxygen atoms in total. The third-order valence-electron chi connectivity index (χ3n) is 4.58. The van der Waals surface area contributed by atoms with Crippen LogP contribution in [0.4, 0.5) is 0 Å². The van der Waals surface area contributed by atoms with Gasteiger partial charge in [0.25, 0.3) is 0 Å². The zero-order chi connectivity index (χ0) is 15.2. The van der Waals surface area contributed by atoms with E-state index in [9.17, 15) is 0 Å². The molecule has 2 N–H and O–H groups in total. The number of rotatable bonds is 0. The summed E-state index contributed by atoms with van der Waals surface area (Å²) >= 11 is 0. The molecule has 1 heterocycles. The topological polar surface area (TPSA) is 29.3 Å². The number of piperidine rings is 1. The Labute approximate surface area is 125 Å². The van der Waals surface area contributed by atoms with E-state index in [1.165, 1.54) is 37.1 Å². The molecule has 20 heavy (non-hydrogen) atoms. The van der Waals surface area contributed by atoms with Gasteiger partial charge >= 0.3 is 0 Å². The number of fused-ring (bicyclic) bond motifs is 2. The van der Waals surface area contributed by atoms with Gasteiger partial charge in [-0.15, -0.1) is 0 Å². The van der Waals surface area contributed by atoms with Crippen LogP contribution in [-0.4, -0.2) is 31.1 Å². The van der Waals surface area contributed by atoms with Crippen LogP contribution in [-0.2, 0) is 11.8 Å². The van der Waals surface area contributed by atoms with Crippen molar-refractivity contribution >= 4 is 0 Å². The van der Waals surface area contributed by atoms with Gasteiger partial charge < -0.3 is 10.6 Å². The summed E-state index contributed by atoms with van der Waals surface area (Å²) in [5.41, 5.74) is 9.73. The first-order valence-corrected chi connectivity index (χ1v) is 8.25. The molecule has 1 atom stereocenters. The van der Waals surface area contributed by atoms with E-state index in [2.05, 4.69) is 36.2 Å². The van der Waals surface area contributed by atoms with Gasteiger partial charge in [-0.2, -0.15) is 0 Å². The first kappa shape index (κ1) is 17.2. The molecular formula is C18H32N2. The Morgan fingerprint density at radius 3 is 2.20 bits per heavy atom. The van der Waals surface area contributed by atoms with E-state index in [-0.39, 0.29) is 5.41 Å². The molecule has 1 aliphatic carbocycles. The van der Waals surface area contributed by atoms with Crippen molar-refractivity contribution in [2.45, 2.75) is 58.4 Å². The highest BCUT2D eigenvalue weighted by atomic mass is 15.1. The van der Waals surface area contributed by atoms with Gasteiger partial charge in [0.1, 0.15) is 0 Å². The van der Waals surface area contributed by atoms with Crippen LogP contribution in [0.3, 0.4) is 0 Å². The maximum absolute atomic E-state index is 6.42. The molecule has 1 fully saturated rings. The van der Waals surface area contributed by atoms with E-state index >= 15 is 0 Å². The van der Waals surface area contributed by atoms with Crippen molar-refractivity contribution in [2.24, 2.45) is 5.73 Å². The Hall–Kier alpha value is -0.860. The Kier molecular flexibility index (Phi) is 6.70. The smallest absolute Gasteiger partial charge is 0.0178 e. The van der Waals surface area contributed by atoms with Crippen LogP contribution in [0.2, 0.25) is 0 Å². The highest BCUT2D eigenvalue weighted by Crippen LogP contribution is 2.45. The minimum atomic E-state index is 0.281. The van der Waals surface area contributed by atoms with Gasteiger partial charge in [-0.3, -0.25) is 0 Å². The number of likely N-dealkylation sites (tertiary alicyclic amines) is 1. The fourth-order valence-electron chi connectivity index (χ4n) is 3.47. The van der Waals surface area contributed by atoms with Crippen LogP contribution in [0, 0.1) is 0 Å². The molecule has 1 aromatic rings. The monoisotopic (exact) mass is 276 g/mol. The number of hydrogen-bond donors (Lipinski definition) is 1. The summed E-state index contributed by atoms with van der Waals surface area (Å²) in [5, 5.41) is 0. The summed E-state index contributed by atoms with van der Waals surface area (Å²) < 4.78 is 0. The van der Waals surface area contributed by atoms with Gasteiger partial charge in [0.15, 0.2) is 0 Å². The molecule has 0 radical (unpaired) electrons. The first-order valence-electron chi connectivity index (χ1n) is 8.25. The average Bonchev–Trinajstić information content (AvgIpc) is 2.79. The summed E-state index contributed by atoms with van der Waals surface area (Å²) in [6.45, 7) is 10.4. The van der Waals surface area contributed by atoms with E-state index in [0.29, 0.717) is 6.04 Å². The Bertz CT molecular complexity index is 392. The fourth-order valence-corrected chi connectivity index (χ4v) is 3.47. The molecule has 114 valence electrons. The molecule has 0 unspecified atom stereocenters. The number of hydrogen-bond acceptors (Lipinski definition) is 2. The Morgan fingerprint density at radius 2 is 1.60 bits per heavy atom. The molecule has 1 aliphatic heterocycles. The Morgan fingerprint density at radius 1 is 1.05 bits per heavy atom. The number of nitrogens with zero attached hydrogens (tertiary/aromatic N) is 1. The van der Waals surface area contributed by atoms with Gasteiger partial charge in [0.2, 0.25) is 0 Å². The van der Waals surface area contributed by atoms with Gasteiger partial charge in [0.05, 0.1) is 0 Å². The lowest BCUT2D eigenvalue weighted by atomic mass is 9.71. The van der Waals surface area contributed by atoms with Crippen molar-refractivity contribution in [3.8, 4) is 0 Å². The molecule has 1 aromatic carbocycles. The highest BCUT2D eigenvalue weighted by molar-refractivity contribution is 5.42. The SMILES string of the molecule is CC.CC.CN1CCC2(CC1)c1ccccc1C[C@H]2N. The predicted octanol–water partition coefficient (Wildman–Crippen LogP) is 3.59. The third kappa shape index (κ3) is 3.07. The lowest BCUT2D eigenvalue weighted by Crippen LogP contribution is -2.49. The predicted molar refractivity (Wildman–Crippen MR) is 89.2 cm³/mol. The van der Waals surface area contributed by atoms with Crippen molar-refractivity contribution in [3.05, 3.63) is 35.4 Å². The van der Waals surface area contributed by atoms with E-state index in [1.807, 2.05) is 27.7 Å². The van der Waals surface area contributed by atoms with Gasteiger partial charge in [-0.05, 0) is 50.5 Å². The molecule has 1 saturated heterocycles. The van der Waals surface area contributed by atoms with Crippen LogP contribution in [0.1, 0.15) is 51.7 Å². The van der Waals surface area contributed by atoms with Gasteiger partial charge in [0, 0.05) is 11.5 Å². The van der Waals surface area contributed by atoms with Crippen LogP contribution in [0.25, 0.3) is 0 Å². The summed E-state index contributed by atoms with van der Waals surface area (Å²) in [7, 11) is 2.21. The summed E-state index contributed by atoms with van der Waals surface area (Å²) in [6, 6.07) is 9.19. The maximum Gasteiger partial charge on any atom is 0.0178 e. The quantitative estimate of drug-likeness (QED) is 0.784. The van der Waals surface area contributed by atoms with E-state index in [4.69, 9.17) is 5.73 Å². The normalized spacial score (nSPS) is 23.2. The summed E-state index contributed by atoms with van der Waals surface area (Å²) in [6.07, 6.45) is 3.52. The minimum absolute atomic E-state index is 0.281. The number of benzene rings is 1. The van der Waals surface area contributed by atoms with Crippen LogP contribution >= 0.6 is 0 Å². The van der Waals surface area contributed by atoms with E-state index in [1.54, 1.807) is 0 Å². The maximum atomic E-state index is 6.42. The summed E-state index contributed by atoms with van der Waals surface area (Å²) in [5.74, 6) is 0. The second kappa shape index (κ2) is 7.80. The molecule has 0 amide bonds. The lowest BCUT2D eigenvalue weighted by Gasteiger charge is -2.41. The highest BCUT2D eigenvalue weighted by Gasteiger charge is 2.45. The molecule has 0 saturated carbocycles. The van der Waals surface area contributed by atoms with E-state index < -0.39 is 0 Å². The average molecular weight is 276 g/mol. The van der Waals surface area contributed by atoms with E-state index in [0.717, 1.165) is 6.42 Å². The molecule has 2 aliphatic rings. The second-order valence-corrected chi connectivity index (χ2v) is 5.43. The van der Waals surface area contributed by atoms with Crippen LogP contribution in [0.15, 0.2) is 24.3 Å². The Balaban J connectivity index is 0.000000461. The van der Waals surface area contributed by atoms with Crippen molar-refractivity contribution in [2.75, 3.05) is 20.1 Å². The molecule has 0 aromatic heterocycles. The first-order chi connectivity index (χ1) is 9.72. The van der Waals surface area contributed by atoms with Gasteiger partial charge in [-0.1, -0.05) is 52.0 Å². The van der Waals surface area contributed by atoms with Gasteiger partial charge in [-0.25, -0.2) is 0 Å². The zero-order valence-electron chi connectivity index (χ0n) is 13.9. The molecule has 3 rings (SSSR count). The lowest BCUT2D eigenvalue weighted by molar-refractivity contribution is 0.172. The largest absolute Gasteiger partial charge is 0.327 e. The van der Waals surface area contributed by atoms with Crippen molar-refractivity contribution < 1.29 is 0 Å². The fraction of sp³-hybridized carbons (Fsp3) is 0.667. The van der Waals surface area contributed by atoms with Crippen molar-refractivity contribution in [1.29, 1.82) is 0 Å². The second-order valence-electron chi connectivity index (χ2n) is 5.43. The van der Waals surface area contributed by atoms with Crippen LogP contribution < -0.4 is 5.73 Å². The summed E-state index contributed by atoms with van der Waals surface area (Å²) in [4.78, 5) is 2.42. The standard InChI is InChI=1S/C14H20N2.2C2H6/c1-16-8-6-14(7-9-16)12-5-3-2-4-11(12)10-13(14)15;2*1-2/h2-5,13H,6-10,15H2,1H3;2*1-2H3/t13-;;/m1../s1. The van der Waals surface area contributed by atoms with Crippen molar-refractivity contribution in [3.63, 3.8) is 0 Å². The van der Waals surface area contributed by atoms with Crippen molar-refractivity contribution in [1.82, 2.24) is 4.90 Å². The molecule has 1 spiro atoms. The van der Waals surface area contributed by atoms with Crippen LogP contribution in [0.5, 0.6) is 0 Å². The minimum Gasteiger partial charge on any atom is -0.327 e. The molecular weight excluding hydrogens is 244 g/mol. The third-order valence-corrected chi connectivity index (χ3v) is 4.58.